The van der Waals surface area contributed by atoms with Gasteiger partial charge in [0, 0.05) is 12.1 Å². The fourth-order valence-corrected chi connectivity index (χ4v) is 9.12. The quantitative estimate of drug-likeness (QED) is 0.0500. The van der Waals surface area contributed by atoms with Gasteiger partial charge in [-0.15, -0.1) is 0 Å². The Kier molecular flexibility index (Phi) is 42.0. The van der Waals surface area contributed by atoms with Crippen LogP contribution in [0, 0.1) is 0 Å². The van der Waals surface area contributed by atoms with Gasteiger partial charge in [-0.1, -0.05) is 271 Å². The molecule has 0 saturated heterocycles. The standard InChI is InChI=1S/2C29H52O2/c2*1-2-3-4-5-6-7-8-9-10-11-12-13-14-15-16-17-18-19-20-21-22-23-27-24-28(30)26-29(31)25-27/h2*24-26,30-31H,2-23H2,1H3. The van der Waals surface area contributed by atoms with Gasteiger partial charge in [0.15, 0.2) is 0 Å². The van der Waals surface area contributed by atoms with Gasteiger partial charge in [0.05, 0.1) is 0 Å². The highest BCUT2D eigenvalue weighted by Crippen LogP contribution is 2.24. The number of phenolic OH excluding ortho intramolecular Hbond substituents is 4. The molecule has 62 heavy (non-hydrogen) atoms. The molecule has 0 unspecified atom stereocenters. The Labute approximate surface area is 385 Å². The maximum absolute atomic E-state index is 9.51. The molecule has 0 spiro atoms. The van der Waals surface area contributed by atoms with E-state index in [1.165, 1.54) is 269 Å². The molecule has 0 fully saturated rings. The summed E-state index contributed by atoms with van der Waals surface area (Å²) in [6, 6.07) is 9.82. The van der Waals surface area contributed by atoms with Gasteiger partial charge in [-0.3, -0.25) is 0 Å². The van der Waals surface area contributed by atoms with E-state index in [1.807, 2.05) is 0 Å². The van der Waals surface area contributed by atoms with Crippen molar-refractivity contribution in [2.45, 2.75) is 296 Å². The van der Waals surface area contributed by atoms with Crippen LogP contribution in [0.1, 0.15) is 295 Å². The predicted octanol–water partition coefficient (Wildman–Crippen LogP) is 19.7. The molecule has 0 amide bonds. The molecule has 2 aromatic carbocycles. The van der Waals surface area contributed by atoms with Crippen LogP contribution < -0.4 is 0 Å². The van der Waals surface area contributed by atoms with Crippen molar-refractivity contribution in [3.63, 3.8) is 0 Å². The van der Waals surface area contributed by atoms with E-state index < -0.39 is 0 Å². The van der Waals surface area contributed by atoms with E-state index >= 15 is 0 Å². The van der Waals surface area contributed by atoms with Gasteiger partial charge in [0.1, 0.15) is 23.0 Å². The minimum absolute atomic E-state index is 0.165. The Balaban J connectivity index is 0.000000620. The molecule has 4 nitrogen and oxygen atoms in total. The molecule has 0 aliphatic rings. The van der Waals surface area contributed by atoms with Crippen LogP contribution in [0.15, 0.2) is 36.4 Å². The molecular formula is C58H104O4. The molecule has 2 aromatic rings. The van der Waals surface area contributed by atoms with Crippen LogP contribution in [0.5, 0.6) is 23.0 Å². The minimum atomic E-state index is 0.165. The molecule has 4 heteroatoms. The first-order valence-corrected chi connectivity index (χ1v) is 27.5. The molecule has 0 saturated carbocycles. The number of rotatable bonds is 44. The molecule has 360 valence electrons. The molecule has 0 aliphatic carbocycles. The van der Waals surface area contributed by atoms with Gasteiger partial charge >= 0.3 is 0 Å². The second-order valence-electron chi connectivity index (χ2n) is 19.4. The monoisotopic (exact) mass is 865 g/mol. The van der Waals surface area contributed by atoms with E-state index in [9.17, 15) is 20.4 Å². The van der Waals surface area contributed by atoms with Gasteiger partial charge in [0.2, 0.25) is 0 Å². The smallest absolute Gasteiger partial charge is 0.119 e. The first-order valence-electron chi connectivity index (χ1n) is 27.5. The van der Waals surface area contributed by atoms with Crippen molar-refractivity contribution in [3.8, 4) is 23.0 Å². The van der Waals surface area contributed by atoms with Gasteiger partial charge in [-0.25, -0.2) is 0 Å². The van der Waals surface area contributed by atoms with Gasteiger partial charge in [0.25, 0.3) is 0 Å². The van der Waals surface area contributed by atoms with E-state index in [2.05, 4.69) is 13.8 Å². The lowest BCUT2D eigenvalue weighted by atomic mass is 10.0. The maximum atomic E-state index is 9.51. The van der Waals surface area contributed by atoms with Gasteiger partial charge < -0.3 is 20.4 Å². The molecule has 0 aliphatic heterocycles. The number of phenols is 4. The van der Waals surface area contributed by atoms with Crippen LogP contribution in [0.4, 0.5) is 0 Å². The van der Waals surface area contributed by atoms with Gasteiger partial charge in [-0.2, -0.15) is 0 Å². The predicted molar refractivity (Wildman–Crippen MR) is 272 cm³/mol. The summed E-state index contributed by atoms with van der Waals surface area (Å²) >= 11 is 0. The number of hydrogen-bond donors (Lipinski definition) is 4. The zero-order valence-electron chi connectivity index (χ0n) is 41.4. The number of aryl methyl sites for hydroxylation is 2. The Morgan fingerprint density at radius 1 is 0.210 bits per heavy atom. The Morgan fingerprint density at radius 3 is 0.516 bits per heavy atom. The second kappa shape index (κ2) is 45.2. The highest BCUT2D eigenvalue weighted by Gasteiger charge is 2.02. The summed E-state index contributed by atoms with van der Waals surface area (Å²) in [4.78, 5) is 0. The molecule has 2 rings (SSSR count). The normalized spacial score (nSPS) is 11.3. The van der Waals surface area contributed by atoms with Crippen molar-refractivity contribution in [1.29, 1.82) is 0 Å². The van der Waals surface area contributed by atoms with Crippen LogP contribution in [-0.2, 0) is 12.8 Å². The molecule has 0 radical (unpaired) electrons. The minimum Gasteiger partial charge on any atom is -0.508 e. The fourth-order valence-electron chi connectivity index (χ4n) is 9.12. The van der Waals surface area contributed by atoms with E-state index in [0.717, 1.165) is 36.8 Å². The Morgan fingerprint density at radius 2 is 0.355 bits per heavy atom. The molecular weight excluding hydrogens is 761 g/mol. The van der Waals surface area contributed by atoms with Gasteiger partial charge in [-0.05, 0) is 61.1 Å². The maximum Gasteiger partial charge on any atom is 0.119 e. The largest absolute Gasteiger partial charge is 0.508 e. The van der Waals surface area contributed by atoms with Crippen LogP contribution in [0.2, 0.25) is 0 Å². The molecule has 0 bridgehead atoms. The topological polar surface area (TPSA) is 80.9 Å². The number of unbranched alkanes of at least 4 members (excludes halogenated alkanes) is 40. The highest BCUT2D eigenvalue weighted by molar-refractivity contribution is 5.37. The van der Waals surface area contributed by atoms with Crippen LogP contribution in [-0.4, -0.2) is 20.4 Å². The summed E-state index contributed by atoms with van der Waals surface area (Å²) in [5.74, 6) is 0.661. The fraction of sp³-hybridized carbons (Fsp3) is 0.793. The van der Waals surface area contributed by atoms with Crippen molar-refractivity contribution < 1.29 is 20.4 Å². The third-order valence-electron chi connectivity index (χ3n) is 13.1. The van der Waals surface area contributed by atoms with E-state index in [1.54, 1.807) is 24.3 Å². The molecule has 0 heterocycles. The lowest BCUT2D eigenvalue weighted by Gasteiger charge is -2.05. The summed E-state index contributed by atoms with van der Waals surface area (Å²) in [5.41, 5.74) is 2.07. The number of benzene rings is 2. The average molecular weight is 865 g/mol. The number of aromatic hydroxyl groups is 4. The van der Waals surface area contributed by atoms with Crippen molar-refractivity contribution >= 4 is 0 Å². The van der Waals surface area contributed by atoms with Crippen LogP contribution in [0.3, 0.4) is 0 Å². The summed E-state index contributed by atoms with van der Waals surface area (Å²) in [6.45, 7) is 4.58. The van der Waals surface area contributed by atoms with Crippen LogP contribution >= 0.6 is 0 Å². The Hall–Kier alpha value is -2.36. The van der Waals surface area contributed by atoms with Crippen molar-refractivity contribution in [2.75, 3.05) is 0 Å². The van der Waals surface area contributed by atoms with E-state index in [-0.39, 0.29) is 23.0 Å². The van der Waals surface area contributed by atoms with E-state index in [0.29, 0.717) is 0 Å². The summed E-state index contributed by atoms with van der Waals surface area (Å²) in [6.07, 6.45) is 60.8. The Bertz CT molecular complexity index is 1080. The number of hydrogen-bond acceptors (Lipinski definition) is 4. The summed E-state index contributed by atoms with van der Waals surface area (Å²) < 4.78 is 0. The SMILES string of the molecule is CCCCCCCCCCCCCCCCCCCCCCCc1cc(O)cc(O)c1.CCCCCCCCCCCCCCCCCCCCCCCc1cc(O)cc(O)c1. The zero-order valence-corrected chi connectivity index (χ0v) is 41.4. The lowest BCUT2D eigenvalue weighted by molar-refractivity contribution is 0.447. The van der Waals surface area contributed by atoms with Crippen molar-refractivity contribution in [3.05, 3.63) is 47.5 Å². The molecule has 0 atom stereocenters. The first-order chi connectivity index (χ1) is 30.4. The zero-order chi connectivity index (χ0) is 44.8. The summed E-state index contributed by atoms with van der Waals surface area (Å²) in [5, 5.41) is 38.0. The average Bonchev–Trinajstić information content (AvgIpc) is 3.24. The van der Waals surface area contributed by atoms with Crippen molar-refractivity contribution in [2.24, 2.45) is 0 Å². The highest BCUT2D eigenvalue weighted by atomic mass is 16.3. The van der Waals surface area contributed by atoms with Crippen LogP contribution in [0.25, 0.3) is 0 Å². The molecule has 0 aromatic heterocycles. The summed E-state index contributed by atoms with van der Waals surface area (Å²) in [7, 11) is 0. The third kappa shape index (κ3) is 40.4. The second-order valence-corrected chi connectivity index (χ2v) is 19.4. The lowest BCUT2D eigenvalue weighted by Crippen LogP contribution is -1.87. The van der Waals surface area contributed by atoms with Crippen molar-refractivity contribution in [1.82, 2.24) is 0 Å². The van der Waals surface area contributed by atoms with E-state index in [4.69, 9.17) is 0 Å². The first kappa shape index (κ1) is 57.7. The third-order valence-corrected chi connectivity index (χ3v) is 13.1. The molecule has 4 N–H and O–H groups in total.